The molecule has 0 spiro atoms. The van der Waals surface area contributed by atoms with Crippen molar-refractivity contribution in [3.05, 3.63) is 68.0 Å². The second kappa shape index (κ2) is 8.67. The molecule has 1 aliphatic rings. The van der Waals surface area contributed by atoms with Gasteiger partial charge >= 0.3 is 5.97 Å². The van der Waals surface area contributed by atoms with Gasteiger partial charge in [-0.05, 0) is 36.4 Å². The van der Waals surface area contributed by atoms with Crippen LogP contribution in [0.5, 0.6) is 0 Å². The molecule has 30 heavy (non-hydrogen) atoms. The Morgan fingerprint density at radius 2 is 2.17 bits per heavy atom. The van der Waals surface area contributed by atoms with Crippen LogP contribution in [-0.4, -0.2) is 29.7 Å². The molecule has 3 heterocycles. The lowest BCUT2D eigenvalue weighted by Crippen LogP contribution is -2.34. The Morgan fingerprint density at radius 1 is 1.33 bits per heavy atom. The molecule has 1 aromatic carbocycles. The summed E-state index contributed by atoms with van der Waals surface area (Å²) in [5.74, 6) is -0.305. The van der Waals surface area contributed by atoms with Gasteiger partial charge in [-0.25, -0.2) is 0 Å². The number of hydrogen-bond acceptors (Lipinski definition) is 7. The fourth-order valence-electron chi connectivity index (χ4n) is 3.14. The predicted octanol–water partition coefficient (Wildman–Crippen LogP) is 2.78. The van der Waals surface area contributed by atoms with Crippen molar-refractivity contribution < 1.29 is 9.53 Å². The summed E-state index contributed by atoms with van der Waals surface area (Å²) in [5, 5.41) is 10.5. The number of thiazole rings is 1. The average Bonchev–Trinajstić information content (AvgIpc) is 3.22. The van der Waals surface area contributed by atoms with Crippen LogP contribution < -0.4 is 19.6 Å². The minimum absolute atomic E-state index is 0.195. The van der Waals surface area contributed by atoms with E-state index in [0.717, 1.165) is 30.5 Å². The number of fused-ring (bicyclic) bond motifs is 1. The van der Waals surface area contributed by atoms with Gasteiger partial charge in [-0.1, -0.05) is 29.4 Å². The third-order valence-corrected chi connectivity index (χ3v) is 7.39. The highest BCUT2D eigenvalue weighted by Gasteiger charge is 2.24. The van der Waals surface area contributed by atoms with Gasteiger partial charge in [0.25, 0.3) is 0 Å². The third-order valence-electron chi connectivity index (χ3n) is 4.67. The zero-order chi connectivity index (χ0) is 21.3. The fourth-order valence-corrected chi connectivity index (χ4v) is 5.86. The zero-order valence-corrected chi connectivity index (χ0v) is 18.8. The maximum absolute atomic E-state index is 11.7. The van der Waals surface area contributed by atoms with E-state index in [1.54, 1.807) is 18.0 Å². The number of carbonyl (C=O) groups is 1. The van der Waals surface area contributed by atoms with Gasteiger partial charge in [0.05, 0.1) is 29.6 Å². The molecule has 0 amide bonds. The van der Waals surface area contributed by atoms with Crippen LogP contribution in [0.4, 0.5) is 5.69 Å². The second-order valence-electron chi connectivity index (χ2n) is 6.57. The number of benzene rings is 1. The third kappa shape index (κ3) is 4.03. The molecular formula is C21H19ClN4O2S2. The van der Waals surface area contributed by atoms with E-state index in [1.165, 1.54) is 18.4 Å². The van der Waals surface area contributed by atoms with Crippen molar-refractivity contribution in [3.8, 4) is 0 Å². The van der Waals surface area contributed by atoms with Crippen LogP contribution in [0, 0.1) is 5.41 Å². The molecular weight excluding hydrogens is 440 g/mol. The molecule has 0 unspecified atom stereocenters. The number of esters is 1. The number of pyridine rings is 1. The molecule has 3 aromatic rings. The molecule has 0 saturated carbocycles. The number of carbonyl (C=O) groups excluding carboxylic acids is 1. The Bertz CT molecular complexity index is 1280. The van der Waals surface area contributed by atoms with E-state index < -0.39 is 0 Å². The van der Waals surface area contributed by atoms with Gasteiger partial charge in [0.1, 0.15) is 15.0 Å². The Hall–Kier alpha value is -2.55. The van der Waals surface area contributed by atoms with Crippen molar-refractivity contribution in [2.24, 2.45) is 0 Å². The molecule has 6 nitrogen and oxygen atoms in total. The van der Waals surface area contributed by atoms with Crippen LogP contribution in [0.15, 0.2) is 47.5 Å². The Kier molecular flexibility index (Phi) is 5.99. The van der Waals surface area contributed by atoms with E-state index in [0.29, 0.717) is 17.1 Å². The molecule has 0 fully saturated rings. The normalized spacial score (nSPS) is 15.4. The summed E-state index contributed by atoms with van der Waals surface area (Å²) in [6, 6.07) is 11.5. The predicted molar refractivity (Wildman–Crippen MR) is 121 cm³/mol. The standard InChI is InChI=1S/C21H19ClN4O2S2/c1-25-15-7-6-13(22)11-16(15)29-21(25)19-20(23)26(10-8-18(27)28-2)17(30-19)12-14-5-3-4-9-24-14/h3-7,9,11-12,23H,8,10H2,1-2H3. The van der Waals surface area contributed by atoms with E-state index in [4.69, 9.17) is 21.7 Å². The molecule has 1 aliphatic heterocycles. The first kappa shape index (κ1) is 20.7. The van der Waals surface area contributed by atoms with Gasteiger partial charge in [-0.3, -0.25) is 15.2 Å². The first-order chi connectivity index (χ1) is 14.5. The Balaban J connectivity index is 1.88. The molecule has 4 rings (SSSR count). The molecule has 0 bridgehead atoms. The van der Waals surface area contributed by atoms with Crippen molar-refractivity contribution in [3.63, 3.8) is 0 Å². The number of hydrogen-bond donors (Lipinski definition) is 1. The van der Waals surface area contributed by atoms with E-state index in [1.807, 2.05) is 54.1 Å². The van der Waals surface area contributed by atoms with Crippen molar-refractivity contribution in [1.82, 2.24) is 9.55 Å². The van der Waals surface area contributed by atoms with Crippen molar-refractivity contribution in [1.29, 1.82) is 5.41 Å². The first-order valence-electron chi connectivity index (χ1n) is 9.17. The number of thioether (sulfide) groups is 1. The maximum Gasteiger partial charge on any atom is 0.307 e. The molecule has 1 N–H and O–H groups in total. The number of nitrogens with zero attached hydrogens (tertiary/aromatic N) is 3. The minimum atomic E-state index is -0.305. The van der Waals surface area contributed by atoms with Crippen molar-refractivity contribution >= 4 is 57.5 Å². The quantitative estimate of drug-likeness (QED) is 0.609. The van der Waals surface area contributed by atoms with Crippen molar-refractivity contribution in [2.75, 3.05) is 19.1 Å². The number of halogens is 1. The highest BCUT2D eigenvalue weighted by atomic mass is 35.5. The highest BCUT2D eigenvalue weighted by molar-refractivity contribution is 8.08. The lowest BCUT2D eigenvalue weighted by atomic mass is 10.3. The minimum Gasteiger partial charge on any atom is -0.469 e. The first-order valence-corrected chi connectivity index (χ1v) is 11.2. The number of ether oxygens (including phenoxy) is 1. The largest absolute Gasteiger partial charge is 0.469 e. The number of methoxy groups -OCH3 is 1. The van der Waals surface area contributed by atoms with Crippen LogP contribution in [0.25, 0.3) is 11.1 Å². The lowest BCUT2D eigenvalue weighted by molar-refractivity contribution is -0.140. The maximum atomic E-state index is 11.7. The number of nitrogens with one attached hydrogen (secondary N) is 1. The Morgan fingerprint density at radius 3 is 2.90 bits per heavy atom. The van der Waals surface area contributed by atoms with Gasteiger partial charge in [0, 0.05) is 29.7 Å². The molecule has 0 atom stereocenters. The fraction of sp³-hybridized carbons (Fsp3) is 0.190. The van der Waals surface area contributed by atoms with Gasteiger partial charge in [0.2, 0.25) is 0 Å². The highest BCUT2D eigenvalue weighted by Crippen LogP contribution is 2.46. The molecule has 0 saturated heterocycles. The number of anilines is 1. The van der Waals surface area contributed by atoms with Crippen LogP contribution in [0.2, 0.25) is 5.02 Å². The summed E-state index contributed by atoms with van der Waals surface area (Å²) < 4.78 is 8.31. The van der Waals surface area contributed by atoms with E-state index in [9.17, 15) is 4.79 Å². The van der Waals surface area contributed by atoms with Gasteiger partial charge in [0.15, 0.2) is 0 Å². The van der Waals surface area contributed by atoms with Gasteiger partial charge in [-0.2, -0.15) is 0 Å². The molecule has 2 aromatic heterocycles. The average molecular weight is 459 g/mol. The van der Waals surface area contributed by atoms with Gasteiger partial charge < -0.3 is 14.2 Å². The van der Waals surface area contributed by atoms with Crippen LogP contribution >= 0.6 is 34.7 Å². The SMILES string of the molecule is COC(=O)CCn1c(=Cc2ccccn2)sc(=C2Sc3cc(Cl)ccc3N2C)c1=N. The van der Waals surface area contributed by atoms with Crippen LogP contribution in [0.1, 0.15) is 12.1 Å². The van der Waals surface area contributed by atoms with Crippen LogP contribution in [0.3, 0.4) is 0 Å². The molecule has 0 aliphatic carbocycles. The topological polar surface area (TPSA) is 71.2 Å². The summed E-state index contributed by atoms with van der Waals surface area (Å²) >= 11 is 9.27. The molecule has 9 heteroatoms. The number of rotatable bonds is 4. The summed E-state index contributed by atoms with van der Waals surface area (Å²) in [6.07, 6.45) is 3.87. The monoisotopic (exact) mass is 458 g/mol. The number of aromatic nitrogens is 2. The summed E-state index contributed by atoms with van der Waals surface area (Å²) in [7, 11) is 3.36. The van der Waals surface area contributed by atoms with Gasteiger partial charge in [-0.15, -0.1) is 11.3 Å². The molecule has 154 valence electrons. The molecule has 0 radical (unpaired) electrons. The van der Waals surface area contributed by atoms with Crippen LogP contribution in [-0.2, 0) is 16.1 Å². The van der Waals surface area contributed by atoms with Crippen molar-refractivity contribution in [2.45, 2.75) is 17.9 Å². The summed E-state index contributed by atoms with van der Waals surface area (Å²) in [5.41, 5.74) is 2.22. The van der Waals surface area contributed by atoms with E-state index >= 15 is 0 Å². The summed E-state index contributed by atoms with van der Waals surface area (Å²) in [6.45, 7) is 0.362. The lowest BCUT2D eigenvalue weighted by Gasteiger charge is -2.12. The zero-order valence-electron chi connectivity index (χ0n) is 16.4. The second-order valence-corrected chi connectivity index (χ2v) is 9.07. The van der Waals surface area contributed by atoms with E-state index in [-0.39, 0.29) is 12.4 Å². The smallest absolute Gasteiger partial charge is 0.307 e. The van der Waals surface area contributed by atoms with E-state index in [2.05, 4.69) is 9.88 Å². The Labute approximate surface area is 186 Å². The summed E-state index contributed by atoms with van der Waals surface area (Å²) in [4.78, 5) is 19.2.